The van der Waals surface area contributed by atoms with Crippen LogP contribution in [0.25, 0.3) is 0 Å². The first kappa shape index (κ1) is 16.3. The van der Waals surface area contributed by atoms with Crippen LogP contribution in [-0.2, 0) is 9.47 Å². The van der Waals surface area contributed by atoms with E-state index in [2.05, 4.69) is 40.6 Å². The van der Waals surface area contributed by atoms with Crippen LogP contribution in [-0.4, -0.2) is 45.2 Å². The molecule has 1 aliphatic rings. The van der Waals surface area contributed by atoms with Gasteiger partial charge in [0.1, 0.15) is 0 Å². The van der Waals surface area contributed by atoms with E-state index in [-0.39, 0.29) is 0 Å². The summed E-state index contributed by atoms with van der Waals surface area (Å²) in [4.78, 5) is 4.57. The lowest BCUT2D eigenvalue weighted by Gasteiger charge is -2.09. The molecule has 0 amide bonds. The Labute approximate surface area is 131 Å². The van der Waals surface area contributed by atoms with Gasteiger partial charge in [-0.15, -0.1) is 0 Å². The van der Waals surface area contributed by atoms with E-state index in [0.717, 1.165) is 37.7 Å². The first-order chi connectivity index (χ1) is 10.4. The van der Waals surface area contributed by atoms with Gasteiger partial charge in [-0.1, -0.05) is 42.1 Å². The molecule has 0 fully saturated rings. The number of benzene rings is 1. The third-order valence-electron chi connectivity index (χ3n) is 3.25. The summed E-state index contributed by atoms with van der Waals surface area (Å²) < 4.78 is 10.4. The molecule has 1 heterocycles. The predicted molar refractivity (Wildman–Crippen MR) is 89.0 cm³/mol. The topological polar surface area (TPSA) is 42.9 Å². The van der Waals surface area contributed by atoms with Gasteiger partial charge in [0.25, 0.3) is 0 Å². The number of amidine groups is 1. The summed E-state index contributed by atoms with van der Waals surface area (Å²) in [5.74, 6) is 0. The highest BCUT2D eigenvalue weighted by molar-refractivity contribution is 8.14. The summed E-state index contributed by atoms with van der Waals surface area (Å²) in [5.41, 5.74) is 1.36. The molecule has 116 valence electrons. The Hall–Kier alpha value is -1.04. The van der Waals surface area contributed by atoms with Gasteiger partial charge in [0.05, 0.1) is 25.0 Å². The zero-order valence-electron chi connectivity index (χ0n) is 12.6. The van der Waals surface area contributed by atoms with Crippen molar-refractivity contribution in [1.82, 2.24) is 5.32 Å². The van der Waals surface area contributed by atoms with Gasteiger partial charge < -0.3 is 14.8 Å². The fourth-order valence-corrected chi connectivity index (χ4v) is 3.13. The number of unbranched alkanes of at least 4 members (excludes halogenated alkanes) is 1. The molecule has 5 heteroatoms. The second-order valence-electron chi connectivity index (χ2n) is 4.90. The smallest absolute Gasteiger partial charge is 0.157 e. The number of hydrogen-bond acceptors (Lipinski definition) is 5. The molecule has 0 saturated heterocycles. The van der Waals surface area contributed by atoms with Crippen LogP contribution in [0.2, 0.25) is 0 Å². The van der Waals surface area contributed by atoms with E-state index in [1.807, 2.05) is 11.8 Å². The molecule has 1 aliphatic heterocycles. The Bertz CT molecular complexity index is 426. The average Bonchev–Trinajstić information content (AvgIpc) is 3.00. The lowest BCUT2D eigenvalue weighted by Crippen LogP contribution is -2.20. The van der Waals surface area contributed by atoms with Crippen LogP contribution in [0.3, 0.4) is 0 Å². The molecule has 2 rings (SSSR count). The van der Waals surface area contributed by atoms with E-state index in [1.54, 1.807) is 7.11 Å². The molecular formula is C16H24N2O2S. The molecule has 4 nitrogen and oxygen atoms in total. The Balaban J connectivity index is 1.53. The number of methoxy groups -OCH3 is 1. The van der Waals surface area contributed by atoms with Crippen LogP contribution < -0.4 is 5.32 Å². The molecule has 1 atom stereocenters. The number of thioether (sulfide) groups is 1. The van der Waals surface area contributed by atoms with Crippen molar-refractivity contribution in [1.29, 1.82) is 0 Å². The van der Waals surface area contributed by atoms with Crippen LogP contribution in [0.15, 0.2) is 35.3 Å². The molecule has 1 N–H and O–H groups in total. The third kappa shape index (κ3) is 6.08. The minimum Gasteiger partial charge on any atom is -0.382 e. The van der Waals surface area contributed by atoms with Crippen LogP contribution in [0, 0.1) is 0 Å². The number of nitrogens with zero attached hydrogens (tertiary/aromatic N) is 1. The van der Waals surface area contributed by atoms with E-state index >= 15 is 0 Å². The van der Waals surface area contributed by atoms with Gasteiger partial charge in [-0.05, 0) is 18.4 Å². The van der Waals surface area contributed by atoms with Crippen LogP contribution in [0.4, 0.5) is 0 Å². The van der Waals surface area contributed by atoms with Crippen LogP contribution in [0.5, 0.6) is 0 Å². The molecule has 1 unspecified atom stereocenters. The first-order valence-electron chi connectivity index (χ1n) is 7.47. The Kier molecular flexibility index (Phi) is 7.63. The second-order valence-corrected chi connectivity index (χ2v) is 6.09. The minimum absolute atomic E-state index is 0.464. The van der Waals surface area contributed by atoms with Crippen molar-refractivity contribution in [2.75, 3.05) is 40.0 Å². The summed E-state index contributed by atoms with van der Waals surface area (Å²) in [6.07, 6.45) is 2.17. The molecule has 1 aromatic carbocycles. The summed E-state index contributed by atoms with van der Waals surface area (Å²) >= 11 is 1.83. The number of aliphatic imine (C=N–C) groups is 1. The fraction of sp³-hybridized carbons (Fsp3) is 0.562. The highest BCUT2D eigenvalue weighted by Crippen LogP contribution is 2.33. The molecule has 0 radical (unpaired) electrons. The van der Waals surface area contributed by atoms with Crippen molar-refractivity contribution in [2.24, 2.45) is 4.99 Å². The molecule has 0 aromatic heterocycles. The molecule has 0 saturated carbocycles. The molecular weight excluding hydrogens is 284 g/mol. The van der Waals surface area contributed by atoms with Gasteiger partial charge in [-0.3, -0.25) is 4.99 Å². The van der Waals surface area contributed by atoms with Gasteiger partial charge in [0, 0.05) is 20.3 Å². The SMILES string of the molecule is COCCOCCCCNC1=NCC(c2ccccc2)S1. The van der Waals surface area contributed by atoms with E-state index in [0.29, 0.717) is 18.5 Å². The monoisotopic (exact) mass is 308 g/mol. The minimum atomic E-state index is 0.464. The number of nitrogens with one attached hydrogen (secondary N) is 1. The Morgan fingerprint density at radius 2 is 2.05 bits per heavy atom. The number of rotatable bonds is 9. The van der Waals surface area contributed by atoms with E-state index in [9.17, 15) is 0 Å². The Morgan fingerprint density at radius 3 is 2.86 bits per heavy atom. The van der Waals surface area contributed by atoms with E-state index in [4.69, 9.17) is 9.47 Å². The van der Waals surface area contributed by atoms with Crippen molar-refractivity contribution in [2.45, 2.75) is 18.1 Å². The van der Waals surface area contributed by atoms with Crippen LogP contribution >= 0.6 is 11.8 Å². The van der Waals surface area contributed by atoms with E-state index < -0.39 is 0 Å². The van der Waals surface area contributed by atoms with Crippen molar-refractivity contribution < 1.29 is 9.47 Å². The quantitative estimate of drug-likeness (QED) is 0.712. The van der Waals surface area contributed by atoms with Gasteiger partial charge in [-0.25, -0.2) is 0 Å². The maximum Gasteiger partial charge on any atom is 0.157 e. The fourth-order valence-electron chi connectivity index (χ4n) is 2.08. The Morgan fingerprint density at radius 1 is 1.19 bits per heavy atom. The molecule has 21 heavy (non-hydrogen) atoms. The van der Waals surface area contributed by atoms with Crippen molar-refractivity contribution in [3.63, 3.8) is 0 Å². The highest BCUT2D eigenvalue weighted by atomic mass is 32.2. The predicted octanol–water partition coefficient (Wildman–Crippen LogP) is 2.86. The number of hydrogen-bond donors (Lipinski definition) is 1. The highest BCUT2D eigenvalue weighted by Gasteiger charge is 2.20. The van der Waals surface area contributed by atoms with Gasteiger partial charge in [0.15, 0.2) is 5.17 Å². The van der Waals surface area contributed by atoms with Gasteiger partial charge in [-0.2, -0.15) is 0 Å². The van der Waals surface area contributed by atoms with Gasteiger partial charge >= 0.3 is 0 Å². The third-order valence-corrected chi connectivity index (χ3v) is 4.45. The largest absolute Gasteiger partial charge is 0.382 e. The maximum atomic E-state index is 5.43. The van der Waals surface area contributed by atoms with Crippen molar-refractivity contribution >= 4 is 16.9 Å². The summed E-state index contributed by atoms with van der Waals surface area (Å²) in [6.45, 7) is 3.99. The van der Waals surface area contributed by atoms with Gasteiger partial charge in [0.2, 0.25) is 0 Å². The second kappa shape index (κ2) is 9.82. The first-order valence-corrected chi connectivity index (χ1v) is 8.34. The summed E-state index contributed by atoms with van der Waals surface area (Å²) in [7, 11) is 1.69. The normalized spacial score (nSPS) is 17.8. The average molecular weight is 308 g/mol. The molecule has 0 spiro atoms. The molecule has 1 aromatic rings. The van der Waals surface area contributed by atoms with E-state index in [1.165, 1.54) is 5.56 Å². The number of ether oxygens (including phenoxy) is 2. The standard InChI is InChI=1S/C16H24N2O2S/c1-19-11-12-20-10-6-5-9-17-16-18-13-15(21-16)14-7-3-2-4-8-14/h2-4,7-8,15H,5-6,9-13H2,1H3,(H,17,18). The molecule has 0 bridgehead atoms. The van der Waals surface area contributed by atoms with Crippen molar-refractivity contribution in [3.8, 4) is 0 Å². The summed E-state index contributed by atoms with van der Waals surface area (Å²) in [5, 5.41) is 4.95. The van der Waals surface area contributed by atoms with Crippen LogP contribution in [0.1, 0.15) is 23.7 Å². The zero-order valence-corrected chi connectivity index (χ0v) is 13.4. The van der Waals surface area contributed by atoms with Crippen molar-refractivity contribution in [3.05, 3.63) is 35.9 Å². The lowest BCUT2D eigenvalue weighted by atomic mass is 10.1. The lowest BCUT2D eigenvalue weighted by molar-refractivity contribution is 0.0689. The molecule has 0 aliphatic carbocycles. The summed E-state index contributed by atoms with van der Waals surface area (Å²) in [6, 6.07) is 10.6. The maximum absolute atomic E-state index is 5.43. The zero-order chi connectivity index (χ0) is 14.8.